The number of benzene rings is 1. The van der Waals surface area contributed by atoms with E-state index in [1.165, 1.54) is 6.92 Å². The molecule has 2 rings (SSSR count). The van der Waals surface area contributed by atoms with Gasteiger partial charge in [0.15, 0.2) is 0 Å². The minimum Gasteiger partial charge on any atom is -0.352 e. The molecule has 2 aromatic rings. The van der Waals surface area contributed by atoms with Gasteiger partial charge in [-0.1, -0.05) is 29.8 Å². The Labute approximate surface area is 153 Å². The highest BCUT2D eigenvalue weighted by atomic mass is 35.5. The maximum atomic E-state index is 12.0. The van der Waals surface area contributed by atoms with Gasteiger partial charge < -0.3 is 10.2 Å². The summed E-state index contributed by atoms with van der Waals surface area (Å²) in [6, 6.07) is 11.3. The summed E-state index contributed by atoms with van der Waals surface area (Å²) in [4.78, 5) is 29.4. The van der Waals surface area contributed by atoms with Crippen LogP contribution in [0.15, 0.2) is 48.8 Å². The van der Waals surface area contributed by atoms with E-state index in [4.69, 9.17) is 11.6 Å². The van der Waals surface area contributed by atoms with Crippen LogP contribution in [0.1, 0.15) is 24.5 Å². The normalized spacial score (nSPS) is 10.3. The molecule has 1 aromatic carbocycles. The first-order valence-corrected chi connectivity index (χ1v) is 8.58. The van der Waals surface area contributed by atoms with Gasteiger partial charge in [-0.15, -0.1) is 0 Å². The Kier molecular flexibility index (Phi) is 7.41. The van der Waals surface area contributed by atoms with Crippen LogP contribution in [-0.4, -0.2) is 34.8 Å². The van der Waals surface area contributed by atoms with E-state index in [-0.39, 0.29) is 18.2 Å². The predicted octanol–water partition coefficient (Wildman–Crippen LogP) is 2.83. The Balaban J connectivity index is 1.75. The minimum atomic E-state index is -0.0819. The Morgan fingerprint density at radius 3 is 2.52 bits per heavy atom. The van der Waals surface area contributed by atoms with Crippen molar-refractivity contribution in [1.29, 1.82) is 0 Å². The zero-order valence-corrected chi connectivity index (χ0v) is 15.0. The van der Waals surface area contributed by atoms with Crippen molar-refractivity contribution in [2.24, 2.45) is 0 Å². The fourth-order valence-electron chi connectivity index (χ4n) is 2.37. The fourth-order valence-corrected chi connectivity index (χ4v) is 2.50. The summed E-state index contributed by atoms with van der Waals surface area (Å²) in [5, 5.41) is 3.53. The summed E-state index contributed by atoms with van der Waals surface area (Å²) >= 11 is 5.87. The molecule has 0 fully saturated rings. The van der Waals surface area contributed by atoms with Crippen LogP contribution < -0.4 is 5.32 Å². The van der Waals surface area contributed by atoms with E-state index in [1.54, 1.807) is 17.3 Å². The van der Waals surface area contributed by atoms with Gasteiger partial charge in [-0.05, 0) is 35.7 Å². The lowest BCUT2D eigenvalue weighted by Gasteiger charge is -2.21. The zero-order chi connectivity index (χ0) is 18.1. The van der Waals surface area contributed by atoms with Crippen molar-refractivity contribution >= 4 is 23.4 Å². The molecule has 0 unspecified atom stereocenters. The fraction of sp³-hybridized carbons (Fsp3) is 0.316. The third-order valence-electron chi connectivity index (χ3n) is 3.85. The number of carbonyl (C=O) groups is 2. The van der Waals surface area contributed by atoms with E-state index in [2.05, 4.69) is 10.3 Å². The molecule has 0 aliphatic carbocycles. The molecule has 0 saturated heterocycles. The second-order valence-corrected chi connectivity index (χ2v) is 6.21. The number of aromatic nitrogens is 1. The molecule has 1 N–H and O–H groups in total. The number of nitrogens with one attached hydrogen (secondary N) is 1. The quantitative estimate of drug-likeness (QED) is 0.788. The van der Waals surface area contributed by atoms with Crippen LogP contribution >= 0.6 is 11.6 Å². The van der Waals surface area contributed by atoms with Gasteiger partial charge in [0.2, 0.25) is 11.8 Å². The van der Waals surface area contributed by atoms with Crippen LogP contribution in [0, 0.1) is 0 Å². The molecule has 1 heterocycles. The summed E-state index contributed by atoms with van der Waals surface area (Å²) in [6.07, 6.45) is 4.42. The largest absolute Gasteiger partial charge is 0.352 e. The molecule has 0 aliphatic rings. The molecule has 0 spiro atoms. The maximum Gasteiger partial charge on any atom is 0.222 e. The molecule has 5 nitrogen and oxygen atoms in total. The van der Waals surface area contributed by atoms with Crippen LogP contribution in [0.5, 0.6) is 0 Å². The van der Waals surface area contributed by atoms with Crippen LogP contribution in [0.25, 0.3) is 0 Å². The number of hydrogen-bond donors (Lipinski definition) is 1. The standard InChI is InChI=1S/C19H22ClN3O2/c1-15(24)23(11-8-16-4-6-18(20)7-5-16)12-9-19(25)22-14-17-3-2-10-21-13-17/h2-7,10,13H,8-9,11-12,14H2,1H3,(H,22,25). The van der Waals surface area contributed by atoms with Crippen LogP contribution in [0.3, 0.4) is 0 Å². The van der Waals surface area contributed by atoms with Crippen molar-refractivity contribution in [2.75, 3.05) is 13.1 Å². The predicted molar refractivity (Wildman–Crippen MR) is 98.1 cm³/mol. The Bertz CT molecular complexity index is 690. The Hall–Kier alpha value is -2.40. The summed E-state index contributed by atoms with van der Waals surface area (Å²) in [6.45, 7) is 2.95. The van der Waals surface area contributed by atoms with Gasteiger partial charge >= 0.3 is 0 Å². The van der Waals surface area contributed by atoms with E-state index in [0.717, 1.165) is 17.5 Å². The van der Waals surface area contributed by atoms with Crippen LogP contribution in [0.2, 0.25) is 5.02 Å². The molecule has 0 atom stereocenters. The van der Waals surface area contributed by atoms with Gasteiger partial charge in [0.1, 0.15) is 0 Å². The lowest BCUT2D eigenvalue weighted by Crippen LogP contribution is -2.35. The van der Waals surface area contributed by atoms with Crippen LogP contribution in [-0.2, 0) is 22.6 Å². The molecule has 0 saturated carbocycles. The van der Waals surface area contributed by atoms with Gasteiger partial charge in [-0.2, -0.15) is 0 Å². The second-order valence-electron chi connectivity index (χ2n) is 5.77. The van der Waals surface area contributed by atoms with Gasteiger partial charge in [-0.25, -0.2) is 0 Å². The Morgan fingerprint density at radius 1 is 1.12 bits per heavy atom. The summed E-state index contributed by atoms with van der Waals surface area (Å²) in [5.41, 5.74) is 2.05. The number of carbonyl (C=O) groups excluding carboxylic acids is 2. The van der Waals surface area contributed by atoms with Crippen molar-refractivity contribution in [3.8, 4) is 0 Å². The first-order chi connectivity index (χ1) is 12.0. The summed E-state index contributed by atoms with van der Waals surface area (Å²) < 4.78 is 0. The van der Waals surface area contributed by atoms with Gasteiger partial charge in [0.05, 0.1) is 0 Å². The topological polar surface area (TPSA) is 62.3 Å². The lowest BCUT2D eigenvalue weighted by atomic mass is 10.1. The van der Waals surface area contributed by atoms with Crippen molar-refractivity contribution in [2.45, 2.75) is 26.3 Å². The highest BCUT2D eigenvalue weighted by Crippen LogP contribution is 2.10. The highest BCUT2D eigenvalue weighted by molar-refractivity contribution is 6.30. The molecule has 0 bridgehead atoms. The Morgan fingerprint density at radius 2 is 1.88 bits per heavy atom. The third kappa shape index (κ3) is 6.93. The number of halogens is 1. The van der Waals surface area contributed by atoms with E-state index in [0.29, 0.717) is 24.7 Å². The van der Waals surface area contributed by atoms with E-state index in [9.17, 15) is 9.59 Å². The van der Waals surface area contributed by atoms with Gasteiger partial charge in [0.25, 0.3) is 0 Å². The zero-order valence-electron chi connectivity index (χ0n) is 14.2. The van der Waals surface area contributed by atoms with Gasteiger partial charge in [0, 0.05) is 50.4 Å². The monoisotopic (exact) mass is 359 g/mol. The number of hydrogen-bond acceptors (Lipinski definition) is 3. The van der Waals surface area contributed by atoms with Crippen molar-refractivity contribution in [1.82, 2.24) is 15.2 Å². The minimum absolute atomic E-state index is 0.0333. The van der Waals surface area contributed by atoms with Gasteiger partial charge in [-0.3, -0.25) is 14.6 Å². The molecular weight excluding hydrogens is 338 g/mol. The first kappa shape index (κ1) is 18.9. The number of rotatable bonds is 8. The lowest BCUT2D eigenvalue weighted by molar-refractivity contribution is -0.129. The molecule has 132 valence electrons. The smallest absolute Gasteiger partial charge is 0.222 e. The van der Waals surface area contributed by atoms with E-state index in [1.807, 2.05) is 36.4 Å². The first-order valence-electron chi connectivity index (χ1n) is 8.20. The third-order valence-corrected chi connectivity index (χ3v) is 4.10. The molecule has 2 amide bonds. The average Bonchev–Trinajstić information content (AvgIpc) is 2.62. The molecule has 6 heteroatoms. The van der Waals surface area contributed by atoms with Crippen LogP contribution in [0.4, 0.5) is 0 Å². The second kappa shape index (κ2) is 9.79. The molecular formula is C19H22ClN3O2. The summed E-state index contributed by atoms with van der Waals surface area (Å²) in [7, 11) is 0. The highest BCUT2D eigenvalue weighted by Gasteiger charge is 2.11. The average molecular weight is 360 g/mol. The maximum absolute atomic E-state index is 12.0. The molecule has 1 aromatic heterocycles. The van der Waals surface area contributed by atoms with E-state index < -0.39 is 0 Å². The number of nitrogens with zero attached hydrogens (tertiary/aromatic N) is 2. The summed E-state index contributed by atoms with van der Waals surface area (Å²) in [5.74, 6) is -0.115. The molecule has 25 heavy (non-hydrogen) atoms. The van der Waals surface area contributed by atoms with Crippen molar-refractivity contribution in [3.05, 3.63) is 64.9 Å². The van der Waals surface area contributed by atoms with Crippen molar-refractivity contribution in [3.63, 3.8) is 0 Å². The SMILES string of the molecule is CC(=O)N(CCC(=O)NCc1cccnc1)CCc1ccc(Cl)cc1. The van der Waals surface area contributed by atoms with E-state index >= 15 is 0 Å². The van der Waals surface area contributed by atoms with Crippen molar-refractivity contribution < 1.29 is 9.59 Å². The molecule has 0 radical (unpaired) electrons. The number of pyridine rings is 1. The molecule has 0 aliphatic heterocycles. The number of amides is 2.